The summed E-state index contributed by atoms with van der Waals surface area (Å²) in [6.07, 6.45) is -0.751. The zero-order valence-electron chi connectivity index (χ0n) is 17.0. The van der Waals surface area contributed by atoms with E-state index >= 15 is 0 Å². The van der Waals surface area contributed by atoms with Crippen molar-refractivity contribution in [1.29, 1.82) is 0 Å². The Hall–Kier alpha value is -3.37. The topological polar surface area (TPSA) is 114 Å². The number of rotatable bonds is 5. The smallest absolute Gasteiger partial charge is 0.271 e. The van der Waals surface area contributed by atoms with Crippen molar-refractivity contribution in [3.8, 4) is 5.75 Å². The average Bonchev–Trinajstić information content (AvgIpc) is 2.80. The van der Waals surface area contributed by atoms with Crippen molar-refractivity contribution in [2.75, 3.05) is 49.6 Å². The van der Waals surface area contributed by atoms with Crippen LogP contribution in [0.4, 0.5) is 17.1 Å². The van der Waals surface area contributed by atoms with Crippen LogP contribution in [-0.4, -0.2) is 67.1 Å². The van der Waals surface area contributed by atoms with E-state index in [9.17, 15) is 19.7 Å². The highest BCUT2D eigenvalue weighted by atomic mass is 35.5. The molecule has 10 nitrogen and oxygen atoms in total. The third kappa shape index (κ3) is 4.76. The second kappa shape index (κ2) is 9.41. The maximum absolute atomic E-state index is 13.0. The molecule has 1 saturated heterocycles. The van der Waals surface area contributed by atoms with Crippen LogP contribution >= 0.6 is 11.6 Å². The van der Waals surface area contributed by atoms with E-state index in [1.54, 1.807) is 21.9 Å². The average molecular weight is 461 g/mol. The lowest BCUT2D eigenvalue weighted by atomic mass is 10.1. The number of fused-ring (bicyclic) bond motifs is 1. The van der Waals surface area contributed by atoms with Gasteiger partial charge < -0.3 is 24.6 Å². The number of morpholine rings is 1. The van der Waals surface area contributed by atoms with E-state index in [1.165, 1.54) is 18.2 Å². The number of anilines is 2. The summed E-state index contributed by atoms with van der Waals surface area (Å²) in [6.45, 7) is 2.11. The monoisotopic (exact) mass is 460 g/mol. The first-order valence-corrected chi connectivity index (χ1v) is 10.4. The molecule has 4 rings (SSSR count). The highest BCUT2D eigenvalue weighted by molar-refractivity contribution is 6.34. The molecule has 1 unspecified atom stereocenters. The van der Waals surface area contributed by atoms with E-state index < -0.39 is 11.0 Å². The Balaban J connectivity index is 1.48. The SMILES string of the molecule is O=C(CN1CC(C(=O)N2CCOCC2)Oc2ccccc21)Nc1ccc([N+](=O)[O-])cc1Cl. The standard InChI is InChI=1S/C21H21ClN4O6/c22-15-11-14(26(29)30)5-6-16(15)23-20(27)13-25-12-19(21(28)24-7-9-31-10-8-24)32-18-4-2-1-3-17(18)25/h1-6,11,19H,7-10,12-13H2,(H,23,27). The normalized spacial score (nSPS) is 17.8. The highest BCUT2D eigenvalue weighted by Gasteiger charge is 2.34. The molecule has 0 saturated carbocycles. The molecule has 2 amide bonds. The molecular weight excluding hydrogens is 440 g/mol. The Labute approximate surface area is 188 Å². The van der Waals surface area contributed by atoms with E-state index in [1.807, 2.05) is 12.1 Å². The third-order valence-electron chi connectivity index (χ3n) is 5.23. The lowest BCUT2D eigenvalue weighted by Crippen LogP contribution is -2.53. The number of carbonyl (C=O) groups is 2. The van der Waals surface area contributed by atoms with E-state index in [0.717, 1.165) is 0 Å². The molecule has 2 aliphatic rings. The van der Waals surface area contributed by atoms with Crippen molar-refractivity contribution in [3.63, 3.8) is 0 Å². The zero-order chi connectivity index (χ0) is 22.7. The fourth-order valence-corrected chi connectivity index (χ4v) is 3.88. The molecule has 0 radical (unpaired) electrons. The summed E-state index contributed by atoms with van der Waals surface area (Å²) in [5, 5.41) is 13.6. The van der Waals surface area contributed by atoms with E-state index in [0.29, 0.717) is 37.7 Å². The van der Waals surface area contributed by atoms with E-state index in [-0.39, 0.29) is 41.3 Å². The predicted octanol–water partition coefficient (Wildman–Crippen LogP) is 2.31. The first-order valence-electron chi connectivity index (χ1n) is 10.0. The van der Waals surface area contributed by atoms with Crippen LogP contribution in [0.5, 0.6) is 5.75 Å². The molecule has 0 aliphatic carbocycles. The second-order valence-electron chi connectivity index (χ2n) is 7.36. The van der Waals surface area contributed by atoms with Crippen molar-refractivity contribution >= 4 is 40.5 Å². The number of halogens is 1. The van der Waals surface area contributed by atoms with Gasteiger partial charge in [0.2, 0.25) is 5.91 Å². The van der Waals surface area contributed by atoms with Crippen LogP contribution in [0.1, 0.15) is 0 Å². The number of nitro groups is 1. The van der Waals surface area contributed by atoms with Gasteiger partial charge >= 0.3 is 0 Å². The lowest BCUT2D eigenvalue weighted by molar-refractivity contribution is -0.384. The zero-order valence-corrected chi connectivity index (χ0v) is 17.8. The summed E-state index contributed by atoms with van der Waals surface area (Å²) in [5.41, 5.74) is 0.799. The van der Waals surface area contributed by atoms with E-state index in [2.05, 4.69) is 5.32 Å². The molecule has 11 heteroatoms. The third-order valence-corrected chi connectivity index (χ3v) is 5.54. The van der Waals surface area contributed by atoms with Crippen LogP contribution in [-0.2, 0) is 14.3 Å². The van der Waals surface area contributed by atoms with Gasteiger partial charge in [0, 0.05) is 25.2 Å². The van der Waals surface area contributed by atoms with Gasteiger partial charge in [0.15, 0.2) is 6.10 Å². The Bertz CT molecular complexity index is 1040. The van der Waals surface area contributed by atoms with Crippen LogP contribution < -0.4 is 15.0 Å². The van der Waals surface area contributed by atoms with Gasteiger partial charge in [-0.2, -0.15) is 0 Å². The fraction of sp³-hybridized carbons (Fsp3) is 0.333. The second-order valence-corrected chi connectivity index (χ2v) is 7.77. The van der Waals surface area contributed by atoms with Crippen molar-refractivity contribution in [1.82, 2.24) is 4.90 Å². The van der Waals surface area contributed by atoms with Gasteiger partial charge in [-0.3, -0.25) is 19.7 Å². The van der Waals surface area contributed by atoms with Gasteiger partial charge in [-0.05, 0) is 18.2 Å². The number of para-hydroxylation sites is 2. The fourth-order valence-electron chi connectivity index (χ4n) is 3.65. The summed E-state index contributed by atoms with van der Waals surface area (Å²) < 4.78 is 11.2. The highest BCUT2D eigenvalue weighted by Crippen LogP contribution is 2.34. The molecule has 0 spiro atoms. The maximum atomic E-state index is 13.0. The Kier molecular flexibility index (Phi) is 6.42. The largest absolute Gasteiger partial charge is 0.477 e. The summed E-state index contributed by atoms with van der Waals surface area (Å²) >= 11 is 6.08. The summed E-state index contributed by atoms with van der Waals surface area (Å²) in [4.78, 5) is 39.5. The molecule has 0 aromatic heterocycles. The first-order chi connectivity index (χ1) is 15.4. The molecule has 168 valence electrons. The van der Waals surface area contributed by atoms with Crippen LogP contribution in [0, 0.1) is 10.1 Å². The van der Waals surface area contributed by atoms with Gasteiger partial charge in [0.1, 0.15) is 5.75 Å². The number of carbonyl (C=O) groups excluding carboxylic acids is 2. The number of ether oxygens (including phenoxy) is 2. The minimum Gasteiger partial charge on any atom is -0.477 e. The molecule has 2 aliphatic heterocycles. The van der Waals surface area contributed by atoms with Gasteiger partial charge in [0.05, 0.1) is 47.6 Å². The van der Waals surface area contributed by atoms with Crippen molar-refractivity contribution in [2.45, 2.75) is 6.10 Å². The minimum absolute atomic E-state index is 0.0550. The number of benzene rings is 2. The molecule has 2 aromatic carbocycles. The number of hydrogen-bond acceptors (Lipinski definition) is 7. The Morgan fingerprint density at radius 2 is 1.94 bits per heavy atom. The molecule has 1 atom stereocenters. The number of nitrogens with one attached hydrogen (secondary N) is 1. The molecule has 2 heterocycles. The summed E-state index contributed by atoms with van der Waals surface area (Å²) in [5.74, 6) is -0.00631. The summed E-state index contributed by atoms with van der Waals surface area (Å²) in [7, 11) is 0. The lowest BCUT2D eigenvalue weighted by Gasteiger charge is -2.38. The molecule has 32 heavy (non-hydrogen) atoms. The van der Waals surface area contributed by atoms with Crippen LogP contribution in [0.25, 0.3) is 0 Å². The number of hydrogen-bond donors (Lipinski definition) is 1. The number of nitrogens with zero attached hydrogens (tertiary/aromatic N) is 3. The maximum Gasteiger partial charge on any atom is 0.271 e. The number of nitro benzene ring substituents is 1. The van der Waals surface area contributed by atoms with Crippen molar-refractivity contribution in [2.24, 2.45) is 0 Å². The molecular formula is C21H21ClN4O6. The molecule has 2 aromatic rings. The summed E-state index contributed by atoms with van der Waals surface area (Å²) in [6, 6.07) is 11.0. The van der Waals surface area contributed by atoms with Crippen molar-refractivity contribution in [3.05, 3.63) is 57.6 Å². The van der Waals surface area contributed by atoms with Gasteiger partial charge in [-0.15, -0.1) is 0 Å². The Morgan fingerprint density at radius 1 is 1.19 bits per heavy atom. The van der Waals surface area contributed by atoms with Gasteiger partial charge in [0.25, 0.3) is 11.6 Å². The van der Waals surface area contributed by atoms with Gasteiger partial charge in [-0.1, -0.05) is 23.7 Å². The molecule has 1 fully saturated rings. The minimum atomic E-state index is -0.751. The first kappa shape index (κ1) is 21.8. The van der Waals surface area contributed by atoms with Gasteiger partial charge in [-0.25, -0.2) is 0 Å². The number of non-ortho nitro benzene ring substituents is 1. The quantitative estimate of drug-likeness (QED) is 0.538. The number of amides is 2. The molecule has 0 bridgehead atoms. The van der Waals surface area contributed by atoms with E-state index in [4.69, 9.17) is 21.1 Å². The van der Waals surface area contributed by atoms with Crippen molar-refractivity contribution < 1.29 is 24.0 Å². The Morgan fingerprint density at radius 3 is 2.66 bits per heavy atom. The predicted molar refractivity (Wildman–Crippen MR) is 117 cm³/mol. The molecule has 1 N–H and O–H groups in total. The van der Waals surface area contributed by atoms with Crippen LogP contribution in [0.15, 0.2) is 42.5 Å². The van der Waals surface area contributed by atoms with Crippen LogP contribution in [0.3, 0.4) is 0 Å². The van der Waals surface area contributed by atoms with Crippen LogP contribution in [0.2, 0.25) is 5.02 Å².